The number of pyridine rings is 1. The fourth-order valence-electron chi connectivity index (χ4n) is 1.43. The highest BCUT2D eigenvalue weighted by Gasteiger charge is 2.35. The minimum Gasteiger partial charge on any atom is -0.462 e. The van der Waals surface area contributed by atoms with Gasteiger partial charge in [-0.1, -0.05) is 15.9 Å². The maximum Gasteiger partial charge on any atom is 0.573 e. The number of hydrogen-bond donors (Lipinski definition) is 0. The molecule has 0 amide bonds. The van der Waals surface area contributed by atoms with Gasteiger partial charge in [0.1, 0.15) is 17.0 Å². The van der Waals surface area contributed by atoms with Gasteiger partial charge in [-0.25, -0.2) is 18.6 Å². The molecule has 21 heavy (non-hydrogen) atoms. The zero-order valence-corrected chi connectivity index (χ0v) is 12.1. The fraction of sp³-hybridized carbons (Fsp3) is 0.455. The van der Waals surface area contributed by atoms with Gasteiger partial charge in [-0.15, -0.1) is 13.2 Å². The summed E-state index contributed by atoms with van der Waals surface area (Å²) in [5.41, 5.74) is -1.90. The van der Waals surface area contributed by atoms with Crippen molar-refractivity contribution in [3.63, 3.8) is 0 Å². The maximum absolute atomic E-state index is 12.6. The Morgan fingerprint density at radius 3 is 2.48 bits per heavy atom. The minimum atomic E-state index is -5.15. The Hall–Kier alpha value is -1.45. The van der Waals surface area contributed by atoms with E-state index in [0.717, 1.165) is 0 Å². The summed E-state index contributed by atoms with van der Waals surface area (Å²) in [5, 5.41) is -0.226. The number of aromatic nitrogens is 1. The SMILES string of the molecule is CCOC(=O)c1c(OC(F)(F)F)cc(C(F)F)nc1CBr. The molecule has 0 aliphatic carbocycles. The van der Waals surface area contributed by atoms with Gasteiger partial charge in [0.05, 0.1) is 12.3 Å². The second-order valence-corrected chi connectivity index (χ2v) is 4.13. The second-order valence-electron chi connectivity index (χ2n) is 3.57. The first-order valence-electron chi connectivity index (χ1n) is 5.50. The molecule has 0 aliphatic heterocycles. The van der Waals surface area contributed by atoms with E-state index in [1.54, 1.807) is 0 Å². The van der Waals surface area contributed by atoms with Crippen LogP contribution in [0.4, 0.5) is 22.0 Å². The lowest BCUT2D eigenvalue weighted by atomic mass is 10.1. The number of rotatable bonds is 5. The molecule has 1 heterocycles. The lowest BCUT2D eigenvalue weighted by Crippen LogP contribution is -2.21. The van der Waals surface area contributed by atoms with E-state index in [1.165, 1.54) is 6.92 Å². The molecule has 0 bridgehead atoms. The molecule has 0 aliphatic rings. The van der Waals surface area contributed by atoms with Crippen LogP contribution >= 0.6 is 15.9 Å². The summed E-state index contributed by atoms with van der Waals surface area (Å²) >= 11 is 2.87. The summed E-state index contributed by atoms with van der Waals surface area (Å²) in [6.07, 6.45) is -8.26. The predicted octanol–water partition coefficient (Wildman–Crippen LogP) is 3.99. The maximum atomic E-state index is 12.6. The highest BCUT2D eigenvalue weighted by atomic mass is 79.9. The van der Waals surface area contributed by atoms with E-state index in [2.05, 4.69) is 30.4 Å². The van der Waals surface area contributed by atoms with Crippen molar-refractivity contribution >= 4 is 21.9 Å². The van der Waals surface area contributed by atoms with Crippen LogP contribution in [0.3, 0.4) is 0 Å². The second kappa shape index (κ2) is 7.01. The van der Waals surface area contributed by atoms with Crippen LogP contribution in [0.2, 0.25) is 0 Å². The third kappa shape index (κ3) is 4.80. The Morgan fingerprint density at radius 2 is 2.05 bits per heavy atom. The van der Waals surface area contributed by atoms with Crippen molar-refractivity contribution in [1.82, 2.24) is 4.98 Å². The van der Waals surface area contributed by atoms with Gasteiger partial charge in [-0.05, 0) is 6.92 Å². The summed E-state index contributed by atoms with van der Waals surface area (Å²) in [6, 6.07) is 0.372. The zero-order valence-electron chi connectivity index (χ0n) is 10.5. The number of hydrogen-bond acceptors (Lipinski definition) is 4. The van der Waals surface area contributed by atoms with E-state index >= 15 is 0 Å². The Bertz CT molecular complexity index is 521. The Labute approximate surface area is 124 Å². The molecule has 1 aromatic rings. The molecule has 1 rings (SSSR count). The number of ether oxygens (including phenoxy) is 2. The minimum absolute atomic E-state index is 0.109. The van der Waals surface area contributed by atoms with Crippen molar-refractivity contribution in [2.24, 2.45) is 0 Å². The largest absolute Gasteiger partial charge is 0.573 e. The summed E-state index contributed by atoms with van der Waals surface area (Å²) in [4.78, 5) is 15.1. The highest BCUT2D eigenvalue weighted by molar-refractivity contribution is 9.08. The first-order chi connectivity index (χ1) is 9.69. The van der Waals surface area contributed by atoms with E-state index in [1.807, 2.05) is 0 Å². The molecule has 0 fully saturated rings. The van der Waals surface area contributed by atoms with Crippen LogP contribution in [0.15, 0.2) is 6.07 Å². The number of alkyl halides is 6. The smallest absolute Gasteiger partial charge is 0.462 e. The summed E-state index contributed by atoms with van der Waals surface area (Å²) in [7, 11) is 0. The average Bonchev–Trinajstić information content (AvgIpc) is 2.35. The van der Waals surface area contributed by atoms with Crippen molar-refractivity contribution in [1.29, 1.82) is 0 Å². The van der Waals surface area contributed by atoms with Crippen LogP contribution in [0, 0.1) is 0 Å². The van der Waals surface area contributed by atoms with E-state index < -0.39 is 35.8 Å². The molecule has 1 aromatic heterocycles. The fourth-order valence-corrected chi connectivity index (χ4v) is 1.83. The van der Waals surface area contributed by atoms with Gasteiger partial charge in [0.15, 0.2) is 0 Å². The Balaban J connectivity index is 3.45. The molecule has 0 saturated carbocycles. The molecule has 0 N–H and O–H groups in total. The third-order valence-electron chi connectivity index (χ3n) is 2.13. The van der Waals surface area contributed by atoms with Crippen molar-refractivity contribution in [3.8, 4) is 5.75 Å². The van der Waals surface area contributed by atoms with Gasteiger partial charge in [-0.2, -0.15) is 0 Å². The molecule has 0 unspecified atom stereocenters. The Kier molecular flexibility index (Phi) is 5.87. The lowest BCUT2D eigenvalue weighted by molar-refractivity contribution is -0.274. The zero-order chi connectivity index (χ0) is 16.2. The first-order valence-corrected chi connectivity index (χ1v) is 6.62. The van der Waals surface area contributed by atoms with Crippen molar-refractivity contribution in [2.45, 2.75) is 25.0 Å². The number of nitrogens with zero attached hydrogens (tertiary/aromatic N) is 1. The molecule has 0 atom stereocenters. The molecular weight excluding hydrogens is 369 g/mol. The molecular formula is C11H9BrF5NO3. The van der Waals surface area contributed by atoms with Gasteiger partial charge in [-0.3, -0.25) is 0 Å². The molecule has 0 aromatic carbocycles. The number of carbonyl (C=O) groups is 1. The van der Waals surface area contributed by atoms with Crippen LogP contribution in [-0.2, 0) is 10.1 Å². The summed E-state index contributed by atoms with van der Waals surface area (Å²) in [5.74, 6) is -2.21. The average molecular weight is 378 g/mol. The Morgan fingerprint density at radius 1 is 1.43 bits per heavy atom. The van der Waals surface area contributed by atoms with Crippen LogP contribution in [0.5, 0.6) is 5.75 Å². The van der Waals surface area contributed by atoms with Crippen LogP contribution < -0.4 is 4.74 Å². The molecule has 10 heteroatoms. The van der Waals surface area contributed by atoms with Crippen LogP contribution in [0.1, 0.15) is 35.1 Å². The lowest BCUT2D eigenvalue weighted by Gasteiger charge is -2.16. The summed E-state index contributed by atoms with van der Waals surface area (Å²) in [6.45, 7) is 1.33. The summed E-state index contributed by atoms with van der Waals surface area (Å²) < 4.78 is 70.6. The number of esters is 1. The third-order valence-corrected chi connectivity index (χ3v) is 2.66. The number of carbonyl (C=O) groups excluding carboxylic acids is 1. The van der Waals surface area contributed by atoms with Gasteiger partial charge >= 0.3 is 12.3 Å². The topological polar surface area (TPSA) is 48.4 Å². The van der Waals surface area contributed by atoms with E-state index in [-0.39, 0.29) is 17.6 Å². The van der Waals surface area contributed by atoms with Gasteiger partial charge < -0.3 is 9.47 Å². The van der Waals surface area contributed by atoms with Gasteiger partial charge in [0.25, 0.3) is 6.43 Å². The molecule has 0 saturated heterocycles. The van der Waals surface area contributed by atoms with Crippen LogP contribution in [0.25, 0.3) is 0 Å². The highest BCUT2D eigenvalue weighted by Crippen LogP contribution is 2.33. The standard InChI is InChI=1S/C11H9BrF5NO3/c1-2-20-10(19)8-6(4-12)18-5(9(13)14)3-7(8)21-11(15,16)17/h3,9H,2,4H2,1H3. The van der Waals surface area contributed by atoms with Gasteiger partial charge in [0, 0.05) is 11.4 Å². The molecule has 118 valence electrons. The van der Waals surface area contributed by atoms with E-state index in [4.69, 9.17) is 0 Å². The van der Waals surface area contributed by atoms with Crippen molar-refractivity contribution in [3.05, 3.63) is 23.0 Å². The monoisotopic (exact) mass is 377 g/mol. The molecule has 4 nitrogen and oxygen atoms in total. The first kappa shape index (κ1) is 17.6. The normalized spacial score (nSPS) is 11.6. The van der Waals surface area contributed by atoms with Crippen LogP contribution in [-0.4, -0.2) is 23.9 Å². The van der Waals surface area contributed by atoms with Crippen molar-refractivity contribution in [2.75, 3.05) is 6.61 Å². The number of halogens is 6. The molecule has 0 spiro atoms. The van der Waals surface area contributed by atoms with Gasteiger partial charge in [0.2, 0.25) is 0 Å². The predicted molar refractivity (Wildman–Crippen MR) is 64.5 cm³/mol. The van der Waals surface area contributed by atoms with E-state index in [9.17, 15) is 26.7 Å². The van der Waals surface area contributed by atoms with Crippen molar-refractivity contribution < 1.29 is 36.2 Å². The molecule has 0 radical (unpaired) electrons. The quantitative estimate of drug-likeness (QED) is 0.442. The van der Waals surface area contributed by atoms with E-state index in [0.29, 0.717) is 6.07 Å².